The van der Waals surface area contributed by atoms with E-state index < -0.39 is 35.3 Å². The number of rotatable bonds is 8. The maximum Gasteiger partial charge on any atom is 0.416 e. The van der Waals surface area contributed by atoms with Crippen LogP contribution >= 0.6 is 0 Å². The first-order chi connectivity index (χ1) is 12.3. The second kappa shape index (κ2) is 9.21. The molecule has 0 heterocycles. The number of benzene rings is 1. The van der Waals surface area contributed by atoms with Gasteiger partial charge in [0, 0.05) is 19.4 Å². The van der Waals surface area contributed by atoms with Gasteiger partial charge in [-0.15, -0.1) is 0 Å². The molecular weight excluding hydrogens is 363 g/mol. The molecule has 8 heteroatoms. The summed E-state index contributed by atoms with van der Waals surface area (Å²) < 4.78 is 43.3. The Bertz CT molecular complexity index is 636. The van der Waals surface area contributed by atoms with Crippen LogP contribution in [0.5, 0.6) is 0 Å². The van der Waals surface area contributed by atoms with E-state index in [9.17, 15) is 27.9 Å². The van der Waals surface area contributed by atoms with Gasteiger partial charge >= 0.3 is 12.1 Å². The van der Waals surface area contributed by atoms with Crippen LogP contribution in [0.3, 0.4) is 0 Å². The lowest BCUT2D eigenvalue weighted by atomic mass is 9.96. The number of alkyl halides is 3. The molecule has 2 unspecified atom stereocenters. The number of ether oxygens (including phenoxy) is 1. The summed E-state index contributed by atoms with van der Waals surface area (Å²) in [5.74, 6) is -2.00. The average Bonchev–Trinajstić information content (AvgIpc) is 2.51. The summed E-state index contributed by atoms with van der Waals surface area (Å²) >= 11 is 0. The fourth-order valence-corrected chi connectivity index (χ4v) is 2.39. The zero-order valence-electron chi connectivity index (χ0n) is 15.9. The Labute approximate surface area is 156 Å². The zero-order valence-corrected chi connectivity index (χ0v) is 15.9. The van der Waals surface area contributed by atoms with E-state index in [-0.39, 0.29) is 25.4 Å². The van der Waals surface area contributed by atoms with Gasteiger partial charge in [0.25, 0.3) is 0 Å². The van der Waals surface area contributed by atoms with Crippen molar-refractivity contribution in [3.63, 3.8) is 0 Å². The average molecular weight is 389 g/mol. The summed E-state index contributed by atoms with van der Waals surface area (Å²) in [7, 11) is 0. The number of hydrogen-bond donors (Lipinski definition) is 2. The minimum Gasteiger partial charge on any atom is -0.480 e. The van der Waals surface area contributed by atoms with Crippen LogP contribution in [0.15, 0.2) is 24.3 Å². The molecule has 0 aliphatic heterocycles. The molecule has 5 nitrogen and oxygen atoms in total. The Morgan fingerprint density at radius 3 is 2.15 bits per heavy atom. The largest absolute Gasteiger partial charge is 0.480 e. The number of carbonyl (C=O) groups excluding carboxylic acids is 1. The molecule has 0 aromatic heterocycles. The SMILES string of the molecule is CC(CC(=O)NC(CCOC(C)(C)C)C(=O)O)c1ccc(C(F)(F)F)cc1. The Morgan fingerprint density at radius 1 is 1.15 bits per heavy atom. The van der Waals surface area contributed by atoms with E-state index >= 15 is 0 Å². The molecule has 0 saturated heterocycles. The number of nitrogens with one attached hydrogen (secondary N) is 1. The van der Waals surface area contributed by atoms with Crippen LogP contribution in [-0.2, 0) is 20.5 Å². The molecule has 1 amide bonds. The third kappa shape index (κ3) is 8.43. The van der Waals surface area contributed by atoms with E-state index in [1.807, 2.05) is 20.8 Å². The van der Waals surface area contributed by atoms with Crippen molar-refractivity contribution in [2.24, 2.45) is 0 Å². The lowest BCUT2D eigenvalue weighted by molar-refractivity contribution is -0.142. The molecule has 152 valence electrons. The predicted molar refractivity (Wildman–Crippen MR) is 94.4 cm³/mol. The maximum absolute atomic E-state index is 12.6. The summed E-state index contributed by atoms with van der Waals surface area (Å²) in [6, 6.07) is 3.50. The fourth-order valence-electron chi connectivity index (χ4n) is 2.39. The summed E-state index contributed by atoms with van der Waals surface area (Å²) in [5, 5.41) is 11.7. The van der Waals surface area contributed by atoms with Crippen LogP contribution in [-0.4, -0.2) is 35.2 Å². The van der Waals surface area contributed by atoms with E-state index in [1.54, 1.807) is 6.92 Å². The molecular formula is C19H26F3NO4. The van der Waals surface area contributed by atoms with Gasteiger partial charge in [-0.3, -0.25) is 4.79 Å². The van der Waals surface area contributed by atoms with E-state index in [1.165, 1.54) is 12.1 Å². The van der Waals surface area contributed by atoms with E-state index in [0.29, 0.717) is 5.56 Å². The molecule has 1 rings (SSSR count). The van der Waals surface area contributed by atoms with Crippen LogP contribution in [0, 0.1) is 0 Å². The molecule has 0 radical (unpaired) electrons. The molecule has 1 aromatic carbocycles. The van der Waals surface area contributed by atoms with E-state index in [0.717, 1.165) is 12.1 Å². The molecule has 0 spiro atoms. The highest BCUT2D eigenvalue weighted by atomic mass is 19.4. The lowest BCUT2D eigenvalue weighted by Gasteiger charge is -2.22. The van der Waals surface area contributed by atoms with Crippen molar-refractivity contribution in [2.75, 3.05) is 6.61 Å². The lowest BCUT2D eigenvalue weighted by Crippen LogP contribution is -2.42. The van der Waals surface area contributed by atoms with Crippen LogP contribution in [0.4, 0.5) is 13.2 Å². The van der Waals surface area contributed by atoms with Gasteiger partial charge < -0.3 is 15.2 Å². The highest BCUT2D eigenvalue weighted by Gasteiger charge is 2.30. The number of carboxylic acid groups (broad SMARTS) is 1. The standard InChI is InChI=1S/C19H26F3NO4/c1-12(13-5-7-14(8-6-13)19(20,21)22)11-16(24)23-15(17(25)26)9-10-27-18(2,3)4/h5-8,12,15H,9-11H2,1-4H3,(H,23,24)(H,25,26). The quantitative estimate of drug-likeness (QED) is 0.705. The minimum atomic E-state index is -4.41. The minimum absolute atomic E-state index is 0.0325. The third-order valence-electron chi connectivity index (χ3n) is 3.87. The van der Waals surface area contributed by atoms with Gasteiger partial charge in [0.05, 0.1) is 11.2 Å². The van der Waals surface area contributed by atoms with Gasteiger partial charge in [-0.25, -0.2) is 4.79 Å². The summed E-state index contributed by atoms with van der Waals surface area (Å²) in [5.41, 5.74) is -0.599. The normalized spacial score (nSPS) is 14.5. The van der Waals surface area contributed by atoms with Gasteiger partial charge in [-0.1, -0.05) is 19.1 Å². The van der Waals surface area contributed by atoms with Crippen LogP contribution in [0.2, 0.25) is 0 Å². The van der Waals surface area contributed by atoms with E-state index in [4.69, 9.17) is 4.74 Å². The second-order valence-electron chi connectivity index (χ2n) is 7.43. The smallest absolute Gasteiger partial charge is 0.416 e. The Hall–Kier alpha value is -2.09. The van der Waals surface area contributed by atoms with Crippen molar-refractivity contribution in [2.45, 2.75) is 64.3 Å². The monoisotopic (exact) mass is 389 g/mol. The highest BCUT2D eigenvalue weighted by Crippen LogP contribution is 2.30. The maximum atomic E-state index is 12.6. The Morgan fingerprint density at radius 2 is 1.70 bits per heavy atom. The summed E-state index contributed by atoms with van der Waals surface area (Å²) in [4.78, 5) is 23.4. The predicted octanol–water partition coefficient (Wildman–Crippen LogP) is 3.97. The summed E-state index contributed by atoms with van der Waals surface area (Å²) in [6.45, 7) is 7.39. The van der Waals surface area contributed by atoms with Gasteiger partial charge in [0.2, 0.25) is 5.91 Å². The first kappa shape index (κ1) is 23.0. The van der Waals surface area contributed by atoms with Crippen molar-refractivity contribution < 1.29 is 32.6 Å². The van der Waals surface area contributed by atoms with Crippen LogP contribution < -0.4 is 5.32 Å². The van der Waals surface area contributed by atoms with Crippen molar-refractivity contribution in [3.8, 4) is 0 Å². The Kier molecular flexibility index (Phi) is 7.83. The Balaban J connectivity index is 2.61. The topological polar surface area (TPSA) is 75.6 Å². The first-order valence-corrected chi connectivity index (χ1v) is 8.63. The summed E-state index contributed by atoms with van der Waals surface area (Å²) in [6.07, 6.45) is -4.33. The number of halogens is 3. The number of carbonyl (C=O) groups is 2. The van der Waals surface area contributed by atoms with E-state index in [2.05, 4.69) is 5.32 Å². The molecule has 2 atom stereocenters. The molecule has 1 aromatic rings. The van der Waals surface area contributed by atoms with Gasteiger partial charge in [-0.05, 0) is 44.4 Å². The number of amides is 1. The van der Waals surface area contributed by atoms with Crippen molar-refractivity contribution >= 4 is 11.9 Å². The van der Waals surface area contributed by atoms with Crippen LogP contribution in [0.25, 0.3) is 0 Å². The van der Waals surface area contributed by atoms with Gasteiger partial charge in [0.1, 0.15) is 6.04 Å². The molecule has 0 fully saturated rings. The number of aliphatic carboxylic acids is 1. The molecule has 27 heavy (non-hydrogen) atoms. The molecule has 0 aliphatic carbocycles. The van der Waals surface area contributed by atoms with Crippen molar-refractivity contribution in [1.29, 1.82) is 0 Å². The molecule has 0 aliphatic rings. The fraction of sp³-hybridized carbons (Fsp3) is 0.579. The van der Waals surface area contributed by atoms with Crippen LogP contribution in [0.1, 0.15) is 57.6 Å². The first-order valence-electron chi connectivity index (χ1n) is 8.63. The molecule has 0 bridgehead atoms. The zero-order chi connectivity index (χ0) is 20.8. The van der Waals surface area contributed by atoms with Crippen molar-refractivity contribution in [3.05, 3.63) is 35.4 Å². The van der Waals surface area contributed by atoms with Gasteiger partial charge in [-0.2, -0.15) is 13.2 Å². The van der Waals surface area contributed by atoms with Gasteiger partial charge in [0.15, 0.2) is 0 Å². The second-order valence-corrected chi connectivity index (χ2v) is 7.43. The number of hydrogen-bond acceptors (Lipinski definition) is 3. The molecule has 2 N–H and O–H groups in total. The number of carboxylic acids is 1. The molecule has 0 saturated carbocycles. The van der Waals surface area contributed by atoms with Crippen molar-refractivity contribution in [1.82, 2.24) is 5.32 Å². The third-order valence-corrected chi connectivity index (χ3v) is 3.87. The highest BCUT2D eigenvalue weighted by molar-refractivity contribution is 5.83.